The summed E-state index contributed by atoms with van der Waals surface area (Å²) in [6, 6.07) is 5.04. The highest BCUT2D eigenvalue weighted by atomic mass is 19.4. The van der Waals surface area contributed by atoms with Gasteiger partial charge in [0, 0.05) is 26.2 Å². The van der Waals surface area contributed by atoms with Crippen molar-refractivity contribution in [1.29, 1.82) is 0 Å². The summed E-state index contributed by atoms with van der Waals surface area (Å²) >= 11 is 0. The van der Waals surface area contributed by atoms with E-state index in [4.69, 9.17) is 14.6 Å². The fourth-order valence-corrected chi connectivity index (χ4v) is 4.01. The third-order valence-corrected chi connectivity index (χ3v) is 5.75. The molecule has 2 N–H and O–H groups in total. The molecular weight excluding hydrogens is 481 g/mol. The van der Waals surface area contributed by atoms with E-state index in [1.807, 2.05) is 17.4 Å². The Labute approximate surface area is 208 Å². The van der Waals surface area contributed by atoms with Crippen LogP contribution in [0.1, 0.15) is 44.7 Å². The fourth-order valence-electron chi connectivity index (χ4n) is 4.01. The smallest absolute Gasteiger partial charge is 0.471 e. The van der Waals surface area contributed by atoms with Gasteiger partial charge in [-0.2, -0.15) is 13.2 Å². The lowest BCUT2D eigenvalue weighted by atomic mass is 9.99. The van der Waals surface area contributed by atoms with Gasteiger partial charge in [0.05, 0.1) is 12.6 Å². The van der Waals surface area contributed by atoms with Crippen LogP contribution in [0.3, 0.4) is 0 Å². The van der Waals surface area contributed by atoms with Crippen molar-refractivity contribution >= 4 is 18.0 Å². The molecule has 1 aromatic carbocycles. The second-order valence-electron chi connectivity index (χ2n) is 9.78. The third-order valence-electron chi connectivity index (χ3n) is 5.75. The van der Waals surface area contributed by atoms with Gasteiger partial charge in [0.1, 0.15) is 18.0 Å². The number of benzene rings is 1. The summed E-state index contributed by atoms with van der Waals surface area (Å²) in [5, 5.41) is 10.9. The lowest BCUT2D eigenvalue weighted by Crippen LogP contribution is -2.51. The Balaban J connectivity index is 1.72. The van der Waals surface area contributed by atoms with Gasteiger partial charge in [0.15, 0.2) is 0 Å². The quantitative estimate of drug-likeness (QED) is 0.473. The van der Waals surface area contributed by atoms with Crippen LogP contribution in [-0.2, 0) is 22.5 Å². The van der Waals surface area contributed by atoms with Crippen molar-refractivity contribution in [2.24, 2.45) is 4.99 Å². The number of halogens is 3. The van der Waals surface area contributed by atoms with Crippen molar-refractivity contribution in [3.63, 3.8) is 0 Å². The molecule has 3 rings (SSSR count). The van der Waals surface area contributed by atoms with Gasteiger partial charge in [0.2, 0.25) is 5.96 Å². The molecule has 0 aliphatic carbocycles. The molecule has 0 bridgehead atoms. The first-order chi connectivity index (χ1) is 16.9. The van der Waals surface area contributed by atoms with E-state index in [0.29, 0.717) is 44.6 Å². The Bertz CT molecular complexity index is 969. The van der Waals surface area contributed by atoms with E-state index >= 15 is 0 Å². The lowest BCUT2D eigenvalue weighted by Gasteiger charge is -2.35. The summed E-state index contributed by atoms with van der Waals surface area (Å²) in [4.78, 5) is 31.7. The average molecular weight is 515 g/mol. The number of rotatable bonds is 4. The molecule has 2 heterocycles. The highest BCUT2D eigenvalue weighted by Gasteiger charge is 2.40. The minimum absolute atomic E-state index is 0.111. The van der Waals surface area contributed by atoms with Gasteiger partial charge in [-0.05, 0) is 63.3 Å². The number of piperidine rings is 1. The largest absolute Gasteiger partial charge is 0.491 e. The number of fused-ring (bicyclic) bond motifs is 1. The van der Waals surface area contributed by atoms with Crippen molar-refractivity contribution in [3.05, 3.63) is 29.3 Å². The van der Waals surface area contributed by atoms with Crippen molar-refractivity contribution < 1.29 is 37.3 Å². The zero-order valence-electron chi connectivity index (χ0n) is 20.7. The van der Waals surface area contributed by atoms with Gasteiger partial charge in [0.25, 0.3) is 0 Å². The first-order valence-corrected chi connectivity index (χ1v) is 11.9. The maximum atomic E-state index is 13.0. The molecular formula is C24H33F3N4O5. The van der Waals surface area contributed by atoms with Crippen LogP contribution in [0.25, 0.3) is 0 Å². The summed E-state index contributed by atoms with van der Waals surface area (Å²) in [6.07, 6.45) is -4.11. The first-order valence-electron chi connectivity index (χ1n) is 11.9. The molecule has 0 aromatic heterocycles. The number of aliphatic hydroxyl groups excluding tert-OH is 1. The van der Waals surface area contributed by atoms with Crippen molar-refractivity contribution in [1.82, 2.24) is 15.1 Å². The molecule has 36 heavy (non-hydrogen) atoms. The molecule has 2 aliphatic rings. The molecule has 0 unspecified atom stereocenters. The SMILES string of the molecule is CC(C)(C)OC(=O)N1CCC(N=C(NC(=O)C(F)(F)F)N2CCc3cc(OCCO)ccc3C2)CC1. The van der Waals surface area contributed by atoms with Gasteiger partial charge >= 0.3 is 18.2 Å². The zero-order chi connectivity index (χ0) is 26.5. The molecule has 0 atom stereocenters. The van der Waals surface area contributed by atoms with Gasteiger partial charge in [-0.25, -0.2) is 9.79 Å². The maximum Gasteiger partial charge on any atom is 0.471 e. The predicted octanol–water partition coefficient (Wildman–Crippen LogP) is 2.85. The van der Waals surface area contributed by atoms with Crippen LogP contribution in [0.2, 0.25) is 0 Å². The van der Waals surface area contributed by atoms with Gasteiger partial charge in [-0.15, -0.1) is 0 Å². The Morgan fingerprint density at radius 3 is 2.42 bits per heavy atom. The number of carbonyl (C=O) groups excluding carboxylic acids is 2. The number of carbonyl (C=O) groups is 2. The molecule has 12 heteroatoms. The Hall–Kier alpha value is -3.02. The molecule has 9 nitrogen and oxygen atoms in total. The predicted molar refractivity (Wildman–Crippen MR) is 126 cm³/mol. The zero-order valence-corrected chi connectivity index (χ0v) is 20.7. The van der Waals surface area contributed by atoms with E-state index in [9.17, 15) is 22.8 Å². The second-order valence-corrected chi connectivity index (χ2v) is 9.78. The van der Waals surface area contributed by atoms with Crippen LogP contribution in [0.4, 0.5) is 18.0 Å². The van der Waals surface area contributed by atoms with Gasteiger partial charge in [-0.1, -0.05) is 6.07 Å². The number of amides is 2. The highest BCUT2D eigenvalue weighted by Crippen LogP contribution is 2.25. The number of nitrogens with one attached hydrogen (secondary N) is 1. The monoisotopic (exact) mass is 514 g/mol. The molecule has 0 saturated carbocycles. The lowest BCUT2D eigenvalue weighted by molar-refractivity contribution is -0.172. The number of aliphatic hydroxyl groups is 1. The Morgan fingerprint density at radius 2 is 1.81 bits per heavy atom. The van der Waals surface area contributed by atoms with E-state index < -0.39 is 23.8 Å². The van der Waals surface area contributed by atoms with E-state index in [2.05, 4.69) is 4.99 Å². The Morgan fingerprint density at radius 1 is 1.11 bits per heavy atom. The molecule has 2 amide bonds. The molecule has 1 fully saturated rings. The number of alkyl halides is 3. The number of likely N-dealkylation sites (tertiary alicyclic amines) is 1. The number of hydrogen-bond acceptors (Lipinski definition) is 6. The molecule has 200 valence electrons. The number of nitrogens with zero attached hydrogens (tertiary/aromatic N) is 3. The third kappa shape index (κ3) is 7.74. The minimum atomic E-state index is -5.05. The highest BCUT2D eigenvalue weighted by molar-refractivity contribution is 5.99. The average Bonchev–Trinajstić information content (AvgIpc) is 2.80. The maximum absolute atomic E-state index is 13.0. The molecule has 2 aliphatic heterocycles. The molecule has 1 aromatic rings. The van der Waals surface area contributed by atoms with Crippen LogP contribution < -0.4 is 10.1 Å². The minimum Gasteiger partial charge on any atom is -0.491 e. The standard InChI is InChI=1S/C24H33F3N4O5/c1-23(2,3)36-22(34)30-10-7-18(8-11-30)28-21(29-20(33)24(25,26)27)31-9-6-16-14-19(35-13-12-32)5-4-17(16)15-31/h4-5,14,18,32H,6-13,15H2,1-3H3,(H,28,29,33). The van der Waals surface area contributed by atoms with E-state index in [0.717, 1.165) is 11.1 Å². The summed E-state index contributed by atoms with van der Waals surface area (Å²) in [7, 11) is 0. The van der Waals surface area contributed by atoms with Crippen LogP contribution in [-0.4, -0.2) is 83.5 Å². The number of guanidine groups is 1. The number of aliphatic imine (C=N–C) groups is 1. The summed E-state index contributed by atoms with van der Waals surface area (Å²) in [5.41, 5.74) is 1.23. The van der Waals surface area contributed by atoms with Crippen molar-refractivity contribution in [2.75, 3.05) is 32.8 Å². The van der Waals surface area contributed by atoms with Crippen LogP contribution >= 0.6 is 0 Å². The molecule has 1 saturated heterocycles. The van der Waals surface area contributed by atoms with Crippen molar-refractivity contribution in [2.45, 2.75) is 64.4 Å². The second kappa shape index (κ2) is 11.4. The van der Waals surface area contributed by atoms with Crippen LogP contribution in [0, 0.1) is 0 Å². The van der Waals surface area contributed by atoms with Crippen LogP contribution in [0.15, 0.2) is 23.2 Å². The topological polar surface area (TPSA) is 104 Å². The van der Waals surface area contributed by atoms with E-state index in [1.165, 1.54) is 0 Å². The summed E-state index contributed by atoms with van der Waals surface area (Å²) in [5.74, 6) is -1.60. The van der Waals surface area contributed by atoms with E-state index in [-0.39, 0.29) is 31.8 Å². The van der Waals surface area contributed by atoms with Crippen molar-refractivity contribution in [3.8, 4) is 5.75 Å². The van der Waals surface area contributed by atoms with Gasteiger partial charge in [-0.3, -0.25) is 10.1 Å². The molecule has 0 radical (unpaired) electrons. The molecule has 0 spiro atoms. The number of hydrogen-bond donors (Lipinski definition) is 2. The van der Waals surface area contributed by atoms with Gasteiger partial charge < -0.3 is 24.4 Å². The first kappa shape index (κ1) is 27.6. The summed E-state index contributed by atoms with van der Waals surface area (Å²) < 4.78 is 49.9. The van der Waals surface area contributed by atoms with Crippen LogP contribution in [0.5, 0.6) is 5.75 Å². The fraction of sp³-hybridized carbons (Fsp3) is 0.625. The number of ether oxygens (including phenoxy) is 2. The Kier molecular flexibility index (Phi) is 8.70. The normalized spacial score (nSPS) is 17.5. The van der Waals surface area contributed by atoms with E-state index in [1.54, 1.807) is 36.6 Å². The summed E-state index contributed by atoms with van der Waals surface area (Å²) in [6.45, 7) is 6.70.